The summed E-state index contributed by atoms with van der Waals surface area (Å²) < 4.78 is 0. The Kier molecular flexibility index (Phi) is 2.57. The van der Waals surface area contributed by atoms with Crippen LogP contribution in [0.2, 0.25) is 0 Å². The molecular weight excluding hydrogens is 172 g/mol. The zero-order valence-electron chi connectivity index (χ0n) is 8.96. The van der Waals surface area contributed by atoms with Crippen LogP contribution < -0.4 is 5.73 Å². The predicted molar refractivity (Wildman–Crippen MR) is 58.8 cm³/mol. The highest BCUT2D eigenvalue weighted by molar-refractivity contribution is 5.35. The van der Waals surface area contributed by atoms with Crippen molar-refractivity contribution < 1.29 is 0 Å². The van der Waals surface area contributed by atoms with Gasteiger partial charge < -0.3 is 5.73 Å². The van der Waals surface area contributed by atoms with E-state index in [9.17, 15) is 0 Å². The van der Waals surface area contributed by atoms with E-state index in [0.29, 0.717) is 0 Å². The van der Waals surface area contributed by atoms with Crippen LogP contribution in [0, 0.1) is 0 Å². The number of rotatable bonds is 2. The van der Waals surface area contributed by atoms with Gasteiger partial charge in [-0.3, -0.25) is 4.90 Å². The van der Waals surface area contributed by atoms with Gasteiger partial charge in [-0.1, -0.05) is 25.1 Å². The molecular formula is C12H18N2. The van der Waals surface area contributed by atoms with Gasteiger partial charge in [0, 0.05) is 19.1 Å². The fourth-order valence-electron chi connectivity index (χ4n) is 1.99. The average Bonchev–Trinajstić information content (AvgIpc) is 2.58. The molecule has 2 rings (SSSR count). The first-order chi connectivity index (χ1) is 6.70. The van der Waals surface area contributed by atoms with E-state index < -0.39 is 0 Å². The maximum absolute atomic E-state index is 5.86. The van der Waals surface area contributed by atoms with E-state index in [1.807, 2.05) is 6.92 Å². The van der Waals surface area contributed by atoms with Crippen LogP contribution in [0.25, 0.3) is 0 Å². The Hall–Kier alpha value is -0.860. The van der Waals surface area contributed by atoms with Crippen molar-refractivity contribution in [2.75, 3.05) is 6.54 Å². The largest absolute Gasteiger partial charge is 0.324 e. The van der Waals surface area contributed by atoms with Crippen LogP contribution in [0.15, 0.2) is 18.2 Å². The second kappa shape index (κ2) is 3.71. The molecule has 2 N–H and O–H groups in total. The molecule has 1 aromatic carbocycles. The minimum absolute atomic E-state index is 0.149. The molecule has 1 aliphatic heterocycles. The van der Waals surface area contributed by atoms with E-state index >= 15 is 0 Å². The second-order valence-corrected chi connectivity index (χ2v) is 4.12. The van der Waals surface area contributed by atoms with Crippen LogP contribution in [0.5, 0.6) is 0 Å². The summed E-state index contributed by atoms with van der Waals surface area (Å²) in [6, 6.07) is 6.79. The highest BCUT2D eigenvalue weighted by Crippen LogP contribution is 2.24. The number of fused-ring (bicyclic) bond motifs is 1. The van der Waals surface area contributed by atoms with Crippen LogP contribution in [-0.4, -0.2) is 11.4 Å². The van der Waals surface area contributed by atoms with Crippen LogP contribution >= 0.6 is 0 Å². The Morgan fingerprint density at radius 2 is 2.07 bits per heavy atom. The molecule has 0 saturated heterocycles. The molecule has 1 heterocycles. The topological polar surface area (TPSA) is 29.3 Å². The molecule has 0 fully saturated rings. The van der Waals surface area contributed by atoms with Crippen LogP contribution in [0.1, 0.15) is 36.6 Å². The first-order valence-corrected chi connectivity index (χ1v) is 5.30. The molecule has 2 nitrogen and oxygen atoms in total. The molecule has 14 heavy (non-hydrogen) atoms. The van der Waals surface area contributed by atoms with E-state index in [-0.39, 0.29) is 6.04 Å². The van der Waals surface area contributed by atoms with E-state index in [0.717, 1.165) is 19.6 Å². The summed E-state index contributed by atoms with van der Waals surface area (Å²) in [5.41, 5.74) is 10.0. The maximum Gasteiger partial charge on any atom is 0.0266 e. The summed E-state index contributed by atoms with van der Waals surface area (Å²) in [7, 11) is 0. The van der Waals surface area contributed by atoms with Gasteiger partial charge in [-0.05, 0) is 30.2 Å². The Bertz CT molecular complexity index is 331. The third kappa shape index (κ3) is 1.68. The molecule has 1 atom stereocenters. The normalized spacial score (nSPS) is 18.2. The SMILES string of the molecule is CCN1Cc2ccc(C(C)N)cc2C1. The summed E-state index contributed by atoms with van der Waals surface area (Å²) in [5.74, 6) is 0. The van der Waals surface area contributed by atoms with Gasteiger partial charge in [0.25, 0.3) is 0 Å². The van der Waals surface area contributed by atoms with E-state index in [1.165, 1.54) is 16.7 Å². The van der Waals surface area contributed by atoms with Gasteiger partial charge in [-0.25, -0.2) is 0 Å². The lowest BCUT2D eigenvalue weighted by atomic mass is 10.0. The Morgan fingerprint density at radius 3 is 2.71 bits per heavy atom. The molecule has 0 amide bonds. The van der Waals surface area contributed by atoms with Gasteiger partial charge in [0.2, 0.25) is 0 Å². The monoisotopic (exact) mass is 190 g/mol. The molecule has 0 saturated carbocycles. The minimum Gasteiger partial charge on any atom is -0.324 e. The minimum atomic E-state index is 0.149. The van der Waals surface area contributed by atoms with Crippen molar-refractivity contribution in [3.05, 3.63) is 34.9 Å². The number of nitrogens with zero attached hydrogens (tertiary/aromatic N) is 1. The summed E-state index contributed by atoms with van der Waals surface area (Å²) in [6.07, 6.45) is 0. The molecule has 76 valence electrons. The lowest BCUT2D eigenvalue weighted by molar-refractivity contribution is 0.301. The average molecular weight is 190 g/mol. The molecule has 0 bridgehead atoms. The zero-order chi connectivity index (χ0) is 10.1. The standard InChI is InChI=1S/C12H18N2/c1-3-14-7-11-5-4-10(9(2)13)6-12(11)8-14/h4-6,9H,3,7-8,13H2,1-2H3. The molecule has 1 aliphatic rings. The lowest BCUT2D eigenvalue weighted by Crippen LogP contribution is -2.14. The third-order valence-electron chi connectivity index (χ3n) is 2.99. The van der Waals surface area contributed by atoms with Crippen LogP contribution in [-0.2, 0) is 13.1 Å². The van der Waals surface area contributed by atoms with Crippen molar-refractivity contribution >= 4 is 0 Å². The van der Waals surface area contributed by atoms with Gasteiger partial charge >= 0.3 is 0 Å². The second-order valence-electron chi connectivity index (χ2n) is 4.12. The lowest BCUT2D eigenvalue weighted by Gasteiger charge is -2.09. The quantitative estimate of drug-likeness (QED) is 0.773. The fraction of sp³-hybridized carbons (Fsp3) is 0.500. The molecule has 1 aromatic rings. The van der Waals surface area contributed by atoms with Gasteiger partial charge in [-0.2, -0.15) is 0 Å². The molecule has 0 spiro atoms. The Labute approximate surface area is 85.7 Å². The van der Waals surface area contributed by atoms with E-state index in [2.05, 4.69) is 30.0 Å². The Balaban J connectivity index is 2.26. The van der Waals surface area contributed by atoms with Crippen molar-refractivity contribution in [1.82, 2.24) is 4.90 Å². The Morgan fingerprint density at radius 1 is 1.36 bits per heavy atom. The number of hydrogen-bond donors (Lipinski definition) is 1. The molecule has 0 aromatic heterocycles. The third-order valence-corrected chi connectivity index (χ3v) is 2.99. The predicted octanol–water partition coefficient (Wildman–Crippen LogP) is 2.04. The van der Waals surface area contributed by atoms with Gasteiger partial charge in [0.05, 0.1) is 0 Å². The summed E-state index contributed by atoms with van der Waals surface area (Å²) in [5, 5.41) is 0. The van der Waals surface area contributed by atoms with Crippen LogP contribution in [0.4, 0.5) is 0 Å². The number of hydrogen-bond acceptors (Lipinski definition) is 2. The summed E-state index contributed by atoms with van der Waals surface area (Å²) >= 11 is 0. The van der Waals surface area contributed by atoms with Crippen molar-refractivity contribution in [2.45, 2.75) is 33.0 Å². The van der Waals surface area contributed by atoms with E-state index in [1.54, 1.807) is 0 Å². The highest BCUT2D eigenvalue weighted by Gasteiger charge is 2.17. The number of benzene rings is 1. The van der Waals surface area contributed by atoms with Crippen molar-refractivity contribution in [3.8, 4) is 0 Å². The first kappa shape index (κ1) is 9.69. The molecule has 0 radical (unpaired) electrons. The summed E-state index contributed by atoms with van der Waals surface area (Å²) in [6.45, 7) is 7.56. The fourth-order valence-corrected chi connectivity index (χ4v) is 1.99. The van der Waals surface area contributed by atoms with Crippen LogP contribution in [0.3, 0.4) is 0 Å². The van der Waals surface area contributed by atoms with Gasteiger partial charge in [0.15, 0.2) is 0 Å². The van der Waals surface area contributed by atoms with E-state index in [4.69, 9.17) is 5.73 Å². The summed E-state index contributed by atoms with van der Waals surface area (Å²) in [4.78, 5) is 2.44. The molecule has 0 aliphatic carbocycles. The van der Waals surface area contributed by atoms with Crippen molar-refractivity contribution in [2.24, 2.45) is 5.73 Å². The molecule has 1 unspecified atom stereocenters. The highest BCUT2D eigenvalue weighted by atomic mass is 15.1. The zero-order valence-corrected chi connectivity index (χ0v) is 8.96. The van der Waals surface area contributed by atoms with Crippen molar-refractivity contribution in [3.63, 3.8) is 0 Å². The smallest absolute Gasteiger partial charge is 0.0266 e. The number of nitrogens with two attached hydrogens (primary N) is 1. The van der Waals surface area contributed by atoms with Gasteiger partial charge in [-0.15, -0.1) is 0 Å². The van der Waals surface area contributed by atoms with Gasteiger partial charge in [0.1, 0.15) is 0 Å². The molecule has 2 heteroatoms. The first-order valence-electron chi connectivity index (χ1n) is 5.30. The maximum atomic E-state index is 5.86. The van der Waals surface area contributed by atoms with Crippen molar-refractivity contribution in [1.29, 1.82) is 0 Å².